The van der Waals surface area contributed by atoms with Gasteiger partial charge < -0.3 is 33.8 Å². The van der Waals surface area contributed by atoms with Crippen LogP contribution in [0, 0.1) is 23.7 Å². The van der Waals surface area contributed by atoms with Crippen molar-refractivity contribution in [2.45, 2.75) is 440 Å². The summed E-state index contributed by atoms with van der Waals surface area (Å²) in [6.45, 7) is 14.4. The minimum atomic E-state index is -4.96. The largest absolute Gasteiger partial charge is 0.472 e. The number of phosphoric ester groups is 2. The van der Waals surface area contributed by atoms with Gasteiger partial charge in [-0.2, -0.15) is 0 Å². The molecule has 0 aliphatic carbocycles. The fourth-order valence-electron chi connectivity index (χ4n) is 12.5. The van der Waals surface area contributed by atoms with Crippen LogP contribution in [0.2, 0.25) is 0 Å². The number of phosphoric acid groups is 2. The Bertz CT molecular complexity index is 1980. The molecule has 0 aliphatic heterocycles. The van der Waals surface area contributed by atoms with Gasteiger partial charge in [0.15, 0.2) is 12.2 Å². The fraction of sp³-hybridized carbons (Fsp3) is 0.951. The molecular weight excluding hydrogens is 1320 g/mol. The van der Waals surface area contributed by atoms with Crippen molar-refractivity contribution < 1.29 is 80.2 Å². The van der Waals surface area contributed by atoms with Crippen LogP contribution < -0.4 is 0 Å². The molecule has 8 atom stereocenters. The first-order chi connectivity index (χ1) is 48.7. The number of aliphatic hydroxyl groups excluding tert-OH is 1. The Balaban J connectivity index is 5.27. The van der Waals surface area contributed by atoms with E-state index in [1.807, 2.05) is 0 Å². The zero-order valence-electron chi connectivity index (χ0n) is 66.5. The van der Waals surface area contributed by atoms with Gasteiger partial charge in [0.2, 0.25) is 0 Å². The number of carbonyl (C=O) groups excluding carboxylic acids is 4. The Kier molecular flexibility index (Phi) is 69.6. The Hall–Kier alpha value is -1.94. The Morgan fingerprint density at radius 3 is 0.703 bits per heavy atom. The van der Waals surface area contributed by atoms with Crippen molar-refractivity contribution in [1.29, 1.82) is 0 Å². The van der Waals surface area contributed by atoms with E-state index in [0.717, 1.165) is 114 Å². The number of esters is 4. The van der Waals surface area contributed by atoms with Crippen LogP contribution in [-0.4, -0.2) is 96.7 Å². The van der Waals surface area contributed by atoms with Crippen LogP contribution in [0.1, 0.15) is 421 Å². The number of unbranched alkanes of at least 4 members (excludes halogenated alkanes) is 42. The molecule has 19 heteroatoms. The molecule has 0 heterocycles. The summed E-state index contributed by atoms with van der Waals surface area (Å²) < 4.78 is 68.8. The fourth-order valence-corrected chi connectivity index (χ4v) is 14.1. The van der Waals surface area contributed by atoms with Crippen molar-refractivity contribution >= 4 is 39.5 Å². The van der Waals surface area contributed by atoms with Crippen molar-refractivity contribution in [1.82, 2.24) is 0 Å². The quantitative estimate of drug-likeness (QED) is 0.0222. The van der Waals surface area contributed by atoms with Crippen LogP contribution >= 0.6 is 15.6 Å². The molecule has 0 rings (SSSR count). The number of rotatable bonds is 79. The van der Waals surface area contributed by atoms with E-state index in [1.165, 1.54) is 225 Å². The maximum Gasteiger partial charge on any atom is 0.472 e. The second-order valence-electron chi connectivity index (χ2n) is 30.7. The van der Waals surface area contributed by atoms with Crippen molar-refractivity contribution in [3.05, 3.63) is 0 Å². The van der Waals surface area contributed by atoms with Crippen molar-refractivity contribution in [2.75, 3.05) is 39.6 Å². The first-order valence-electron chi connectivity index (χ1n) is 42.3. The Labute approximate surface area is 619 Å². The third-order valence-corrected chi connectivity index (χ3v) is 22.1. The summed E-state index contributed by atoms with van der Waals surface area (Å²) in [5.41, 5.74) is 0. The van der Waals surface area contributed by atoms with Crippen LogP contribution in [-0.2, 0) is 65.4 Å². The van der Waals surface area contributed by atoms with Gasteiger partial charge in [-0.1, -0.05) is 370 Å². The summed E-state index contributed by atoms with van der Waals surface area (Å²) in [6, 6.07) is 0. The summed E-state index contributed by atoms with van der Waals surface area (Å²) in [7, 11) is -9.92. The van der Waals surface area contributed by atoms with Gasteiger partial charge in [-0.25, -0.2) is 9.13 Å². The zero-order valence-corrected chi connectivity index (χ0v) is 68.3. The molecule has 101 heavy (non-hydrogen) atoms. The van der Waals surface area contributed by atoms with Gasteiger partial charge in [0, 0.05) is 25.7 Å². The van der Waals surface area contributed by atoms with Crippen molar-refractivity contribution in [2.24, 2.45) is 23.7 Å². The molecule has 0 saturated heterocycles. The topological polar surface area (TPSA) is 237 Å². The molecule has 600 valence electrons. The standard InChI is InChI=1S/C82H160O17P2/c1-9-73(6)59-51-43-35-27-20-16-12-14-18-22-29-38-46-54-62-79(84)92-68-77(98-81(86)64-56-48-40-30-23-19-15-13-17-21-28-36-44-52-60-74(7)10-2)70-96-100(88,89)94-66-76(83)67-95-101(90,91)97-71-78(69-93-80(85)63-55-47-39-33-32-37-45-53-61-75(8)11-3)99-82(87)65-57-49-41-31-25-24-26-34-42-50-58-72(4)5/h72-78,83H,9-71H2,1-8H3,(H,88,89)(H,90,91)/t73?,74?,75?,76-,77-,78-/m1/s1. The maximum atomic E-state index is 13.1. The molecule has 0 aromatic rings. The lowest BCUT2D eigenvalue weighted by Gasteiger charge is -2.21. The summed E-state index contributed by atoms with van der Waals surface area (Å²) in [4.78, 5) is 73.1. The van der Waals surface area contributed by atoms with E-state index in [9.17, 15) is 43.2 Å². The highest BCUT2D eigenvalue weighted by Gasteiger charge is 2.30. The van der Waals surface area contributed by atoms with Crippen LogP contribution in [0.4, 0.5) is 0 Å². The average Bonchev–Trinajstić information content (AvgIpc) is 0.940. The first kappa shape index (κ1) is 99.1. The highest BCUT2D eigenvalue weighted by molar-refractivity contribution is 7.47. The van der Waals surface area contributed by atoms with Gasteiger partial charge in [-0.15, -0.1) is 0 Å². The minimum Gasteiger partial charge on any atom is -0.462 e. The molecule has 0 bridgehead atoms. The summed E-state index contributed by atoms with van der Waals surface area (Å²) >= 11 is 0. The number of ether oxygens (including phenoxy) is 4. The maximum absolute atomic E-state index is 13.1. The molecule has 0 radical (unpaired) electrons. The van der Waals surface area contributed by atoms with E-state index >= 15 is 0 Å². The van der Waals surface area contributed by atoms with Gasteiger partial charge in [-0.3, -0.25) is 37.3 Å². The molecule has 17 nitrogen and oxygen atoms in total. The zero-order chi connectivity index (χ0) is 74.6. The third-order valence-electron chi connectivity index (χ3n) is 20.2. The predicted molar refractivity (Wildman–Crippen MR) is 414 cm³/mol. The molecule has 0 spiro atoms. The lowest BCUT2D eigenvalue weighted by molar-refractivity contribution is -0.161. The van der Waals surface area contributed by atoms with Crippen molar-refractivity contribution in [3.8, 4) is 0 Å². The van der Waals surface area contributed by atoms with Gasteiger partial charge in [-0.05, 0) is 49.4 Å². The first-order valence-corrected chi connectivity index (χ1v) is 45.3. The molecule has 0 saturated carbocycles. The van der Waals surface area contributed by atoms with Crippen LogP contribution in [0.25, 0.3) is 0 Å². The molecule has 0 aliphatic rings. The van der Waals surface area contributed by atoms with Crippen molar-refractivity contribution in [3.63, 3.8) is 0 Å². The average molecular weight is 1480 g/mol. The monoisotopic (exact) mass is 1480 g/mol. The third kappa shape index (κ3) is 72.1. The van der Waals surface area contributed by atoms with E-state index in [0.29, 0.717) is 25.7 Å². The Morgan fingerprint density at radius 2 is 0.475 bits per heavy atom. The van der Waals surface area contributed by atoms with Crippen LogP contribution in [0.5, 0.6) is 0 Å². The number of carbonyl (C=O) groups is 4. The highest BCUT2D eigenvalue weighted by Crippen LogP contribution is 2.45. The highest BCUT2D eigenvalue weighted by atomic mass is 31.2. The molecule has 3 N–H and O–H groups in total. The lowest BCUT2D eigenvalue weighted by Crippen LogP contribution is -2.30. The van der Waals surface area contributed by atoms with E-state index in [4.69, 9.17) is 37.0 Å². The van der Waals surface area contributed by atoms with Gasteiger partial charge in [0.05, 0.1) is 26.4 Å². The minimum absolute atomic E-state index is 0.105. The van der Waals surface area contributed by atoms with Crippen LogP contribution in [0.3, 0.4) is 0 Å². The molecular formula is C82H160O17P2. The smallest absolute Gasteiger partial charge is 0.462 e. The summed E-state index contributed by atoms with van der Waals surface area (Å²) in [5.74, 6) is 1.11. The predicted octanol–water partition coefficient (Wildman–Crippen LogP) is 24.4. The summed E-state index contributed by atoms with van der Waals surface area (Å²) in [5, 5.41) is 10.7. The lowest BCUT2D eigenvalue weighted by atomic mass is 9.99. The second kappa shape index (κ2) is 71.0. The number of aliphatic hydroxyl groups is 1. The SMILES string of the molecule is CCC(C)CCCCCCCCCCCCCCCCC(=O)OC[C@H](COP(=O)(O)OC[C@@H](O)COP(=O)(O)OC[C@@H](COC(=O)CCCCCCCCCCC(C)CC)OC(=O)CCCCCCCCCCCCC(C)C)OC(=O)CCCCCCCCCCCCCCCCC(C)CC. The number of hydrogen-bond donors (Lipinski definition) is 3. The van der Waals surface area contributed by atoms with E-state index in [2.05, 4.69) is 55.4 Å². The Morgan fingerprint density at radius 1 is 0.277 bits per heavy atom. The summed E-state index contributed by atoms with van der Waals surface area (Å²) in [6.07, 6.45) is 58.0. The van der Waals surface area contributed by atoms with Crippen LogP contribution in [0.15, 0.2) is 0 Å². The van der Waals surface area contributed by atoms with Gasteiger partial charge >= 0.3 is 39.5 Å². The van der Waals surface area contributed by atoms with E-state index < -0.39 is 97.5 Å². The number of hydrogen-bond acceptors (Lipinski definition) is 15. The van der Waals surface area contributed by atoms with E-state index in [1.54, 1.807) is 0 Å². The molecule has 5 unspecified atom stereocenters. The van der Waals surface area contributed by atoms with E-state index in [-0.39, 0.29) is 25.7 Å². The second-order valence-corrected chi connectivity index (χ2v) is 33.6. The van der Waals surface area contributed by atoms with Gasteiger partial charge in [0.25, 0.3) is 0 Å². The molecule has 0 aromatic carbocycles. The normalized spacial score (nSPS) is 14.8. The molecule has 0 aromatic heterocycles. The van der Waals surface area contributed by atoms with Gasteiger partial charge in [0.1, 0.15) is 19.3 Å². The molecule has 0 amide bonds. The molecule has 0 fully saturated rings.